The van der Waals surface area contributed by atoms with Crippen molar-refractivity contribution in [3.8, 4) is 0 Å². The van der Waals surface area contributed by atoms with Crippen LogP contribution < -0.4 is 5.32 Å². The van der Waals surface area contributed by atoms with E-state index in [4.69, 9.17) is 0 Å². The Kier molecular flexibility index (Phi) is 5.45. The molecule has 1 N–H and O–H groups in total. The first-order chi connectivity index (χ1) is 10.0. The molecule has 0 saturated carbocycles. The number of aromatic nitrogens is 1. The molecule has 1 saturated heterocycles. The normalized spacial score (nSPS) is 22.2. The van der Waals surface area contributed by atoms with Gasteiger partial charge in [-0.15, -0.1) is 0 Å². The van der Waals surface area contributed by atoms with Gasteiger partial charge in [-0.3, -0.25) is 4.79 Å². The molecular formula is C15H22FN3OS. The van der Waals surface area contributed by atoms with Crippen LogP contribution in [0.4, 0.5) is 10.2 Å². The second-order valence-corrected chi connectivity index (χ2v) is 6.78. The summed E-state index contributed by atoms with van der Waals surface area (Å²) in [7, 11) is 0. The third-order valence-electron chi connectivity index (χ3n) is 3.77. The second-order valence-electron chi connectivity index (χ2n) is 5.29. The predicted molar refractivity (Wildman–Crippen MR) is 85.4 cm³/mol. The fraction of sp³-hybridized carbons (Fsp3) is 0.600. The Morgan fingerprint density at radius 3 is 3.05 bits per heavy atom. The molecular weight excluding hydrogens is 289 g/mol. The van der Waals surface area contributed by atoms with Crippen molar-refractivity contribution in [3.63, 3.8) is 0 Å². The largest absolute Gasteiger partial charge is 0.369 e. The van der Waals surface area contributed by atoms with Crippen molar-refractivity contribution >= 4 is 23.5 Å². The highest BCUT2D eigenvalue weighted by Crippen LogP contribution is 2.27. The summed E-state index contributed by atoms with van der Waals surface area (Å²) >= 11 is 1.86. The van der Waals surface area contributed by atoms with Crippen molar-refractivity contribution in [3.05, 3.63) is 23.6 Å². The summed E-state index contributed by atoms with van der Waals surface area (Å²) in [6.45, 7) is 7.60. The molecule has 0 spiro atoms. The number of nitrogens with zero attached hydrogens (tertiary/aromatic N) is 2. The molecule has 1 aromatic rings. The van der Waals surface area contributed by atoms with Crippen LogP contribution in [0.15, 0.2) is 12.3 Å². The second kappa shape index (κ2) is 7.11. The number of carbonyl (C=O) groups is 1. The van der Waals surface area contributed by atoms with E-state index in [9.17, 15) is 9.18 Å². The Hall–Kier alpha value is -1.30. The van der Waals surface area contributed by atoms with Gasteiger partial charge in [-0.25, -0.2) is 9.37 Å². The van der Waals surface area contributed by atoms with Crippen LogP contribution >= 0.6 is 11.8 Å². The van der Waals surface area contributed by atoms with Crippen LogP contribution in [0, 0.1) is 5.82 Å². The minimum absolute atomic E-state index is 0.138. The molecule has 4 nitrogen and oxygen atoms in total. The van der Waals surface area contributed by atoms with Crippen molar-refractivity contribution in [2.75, 3.05) is 24.2 Å². The fourth-order valence-electron chi connectivity index (χ4n) is 2.36. The van der Waals surface area contributed by atoms with E-state index in [0.29, 0.717) is 29.7 Å². The zero-order valence-corrected chi connectivity index (χ0v) is 13.5. The van der Waals surface area contributed by atoms with Crippen molar-refractivity contribution in [1.82, 2.24) is 9.88 Å². The summed E-state index contributed by atoms with van der Waals surface area (Å²) < 4.78 is 13.5. The van der Waals surface area contributed by atoms with E-state index in [1.807, 2.05) is 30.5 Å². The van der Waals surface area contributed by atoms with Gasteiger partial charge in [0.15, 0.2) is 0 Å². The quantitative estimate of drug-likeness (QED) is 0.928. The van der Waals surface area contributed by atoms with Crippen molar-refractivity contribution in [2.24, 2.45) is 0 Å². The number of carbonyl (C=O) groups excluding carboxylic acids is 1. The number of halogens is 1. The zero-order chi connectivity index (χ0) is 15.4. The molecule has 2 heterocycles. The number of amides is 1. The van der Waals surface area contributed by atoms with Crippen LogP contribution in [0.3, 0.4) is 0 Å². The van der Waals surface area contributed by atoms with Crippen LogP contribution in [-0.2, 0) is 0 Å². The summed E-state index contributed by atoms with van der Waals surface area (Å²) in [5.41, 5.74) is 0.328. The first-order valence-electron chi connectivity index (χ1n) is 7.36. The maximum Gasteiger partial charge on any atom is 0.258 e. The Morgan fingerprint density at radius 1 is 1.57 bits per heavy atom. The van der Waals surface area contributed by atoms with Gasteiger partial charge in [0, 0.05) is 30.1 Å². The van der Waals surface area contributed by atoms with Gasteiger partial charge in [0.05, 0.1) is 11.8 Å². The SMILES string of the molecule is CCCNc1ncc(F)cc1C(=O)N1CCSC(C)C1C. The molecule has 0 bridgehead atoms. The third-order valence-corrected chi connectivity index (χ3v) is 5.11. The number of nitrogens with one attached hydrogen (secondary N) is 1. The lowest BCUT2D eigenvalue weighted by Crippen LogP contribution is -2.48. The lowest BCUT2D eigenvalue weighted by Gasteiger charge is -2.37. The van der Waals surface area contributed by atoms with Crippen molar-refractivity contribution in [2.45, 2.75) is 38.5 Å². The first-order valence-corrected chi connectivity index (χ1v) is 8.41. The third kappa shape index (κ3) is 3.67. The van der Waals surface area contributed by atoms with E-state index in [0.717, 1.165) is 18.4 Å². The Morgan fingerprint density at radius 2 is 2.33 bits per heavy atom. The smallest absolute Gasteiger partial charge is 0.258 e. The molecule has 6 heteroatoms. The van der Waals surface area contributed by atoms with Gasteiger partial charge in [-0.05, 0) is 19.4 Å². The summed E-state index contributed by atoms with van der Waals surface area (Å²) in [4.78, 5) is 18.6. The zero-order valence-electron chi connectivity index (χ0n) is 12.7. The number of hydrogen-bond donors (Lipinski definition) is 1. The van der Waals surface area contributed by atoms with Crippen LogP contribution in [0.1, 0.15) is 37.6 Å². The van der Waals surface area contributed by atoms with Gasteiger partial charge in [0.1, 0.15) is 11.6 Å². The average molecular weight is 311 g/mol. The van der Waals surface area contributed by atoms with E-state index in [1.54, 1.807) is 0 Å². The molecule has 116 valence electrons. The Labute approximate surface area is 129 Å². The highest BCUT2D eigenvalue weighted by molar-refractivity contribution is 8.00. The van der Waals surface area contributed by atoms with E-state index < -0.39 is 5.82 Å². The molecule has 0 aromatic carbocycles. The number of anilines is 1. The molecule has 1 aliphatic heterocycles. The van der Waals surface area contributed by atoms with E-state index in [-0.39, 0.29) is 11.9 Å². The minimum Gasteiger partial charge on any atom is -0.369 e. The van der Waals surface area contributed by atoms with Gasteiger partial charge in [0.2, 0.25) is 0 Å². The number of pyridine rings is 1. The predicted octanol–water partition coefficient (Wildman–Crippen LogP) is 3.01. The van der Waals surface area contributed by atoms with E-state index >= 15 is 0 Å². The molecule has 1 aliphatic rings. The molecule has 2 atom stereocenters. The molecule has 1 fully saturated rings. The molecule has 2 rings (SSSR count). The highest BCUT2D eigenvalue weighted by Gasteiger charge is 2.31. The van der Waals surface area contributed by atoms with Crippen LogP contribution in [-0.4, -0.2) is 45.9 Å². The van der Waals surface area contributed by atoms with Gasteiger partial charge in [0.25, 0.3) is 5.91 Å². The molecule has 1 aromatic heterocycles. The van der Waals surface area contributed by atoms with Gasteiger partial charge in [-0.2, -0.15) is 11.8 Å². The number of rotatable bonds is 4. The number of thioether (sulfide) groups is 1. The topological polar surface area (TPSA) is 45.2 Å². The van der Waals surface area contributed by atoms with Crippen molar-refractivity contribution < 1.29 is 9.18 Å². The molecule has 1 amide bonds. The molecule has 21 heavy (non-hydrogen) atoms. The Bertz CT molecular complexity index is 512. The standard InChI is InChI=1S/C15H22FN3OS/c1-4-5-17-14-13(8-12(16)9-18-14)15(20)19-6-7-21-11(3)10(19)2/h8-11H,4-7H2,1-3H3,(H,17,18). The summed E-state index contributed by atoms with van der Waals surface area (Å²) in [6.07, 6.45) is 2.06. The molecule has 2 unspecified atom stereocenters. The first kappa shape index (κ1) is 16.1. The fourth-order valence-corrected chi connectivity index (χ4v) is 3.46. The van der Waals surface area contributed by atoms with Gasteiger partial charge >= 0.3 is 0 Å². The summed E-state index contributed by atoms with van der Waals surface area (Å²) in [5.74, 6) is 0.770. The van der Waals surface area contributed by atoms with Crippen LogP contribution in [0.25, 0.3) is 0 Å². The average Bonchev–Trinajstić information content (AvgIpc) is 2.48. The number of hydrogen-bond acceptors (Lipinski definition) is 4. The lowest BCUT2D eigenvalue weighted by molar-refractivity contribution is 0.0698. The monoisotopic (exact) mass is 311 g/mol. The summed E-state index contributed by atoms with van der Waals surface area (Å²) in [6, 6.07) is 1.42. The van der Waals surface area contributed by atoms with E-state index in [2.05, 4.69) is 17.2 Å². The highest BCUT2D eigenvalue weighted by atomic mass is 32.2. The minimum atomic E-state index is -0.479. The maximum atomic E-state index is 13.5. The molecule has 0 radical (unpaired) electrons. The molecule has 0 aliphatic carbocycles. The lowest BCUT2D eigenvalue weighted by atomic mass is 10.1. The van der Waals surface area contributed by atoms with E-state index in [1.165, 1.54) is 6.07 Å². The van der Waals surface area contributed by atoms with Crippen LogP contribution in [0.2, 0.25) is 0 Å². The Balaban J connectivity index is 2.26. The summed E-state index contributed by atoms with van der Waals surface area (Å²) in [5, 5.41) is 3.49. The van der Waals surface area contributed by atoms with Gasteiger partial charge in [-0.1, -0.05) is 13.8 Å². The van der Waals surface area contributed by atoms with Gasteiger partial charge < -0.3 is 10.2 Å². The van der Waals surface area contributed by atoms with Crippen LogP contribution in [0.5, 0.6) is 0 Å². The maximum absolute atomic E-state index is 13.5. The van der Waals surface area contributed by atoms with Crippen molar-refractivity contribution in [1.29, 1.82) is 0 Å².